The molecule has 0 radical (unpaired) electrons. The van der Waals surface area contributed by atoms with Crippen molar-refractivity contribution in [3.8, 4) is 0 Å². The molecule has 0 aliphatic heterocycles. The molecule has 1 aromatic carbocycles. The number of benzene rings is 1. The Kier molecular flexibility index (Phi) is 4.87. The van der Waals surface area contributed by atoms with Crippen LogP contribution in [-0.4, -0.2) is 14.7 Å². The van der Waals surface area contributed by atoms with Crippen LogP contribution in [0.4, 0.5) is 8.78 Å². The van der Waals surface area contributed by atoms with Gasteiger partial charge in [-0.2, -0.15) is 0 Å². The van der Waals surface area contributed by atoms with Crippen LogP contribution in [0.5, 0.6) is 0 Å². The third-order valence-electron chi connectivity index (χ3n) is 0.824. The van der Waals surface area contributed by atoms with E-state index < -0.39 is 20.7 Å². The van der Waals surface area contributed by atoms with E-state index in [1.54, 1.807) is 0 Å². The van der Waals surface area contributed by atoms with Gasteiger partial charge in [-0.3, -0.25) is 0 Å². The van der Waals surface area contributed by atoms with Crippen LogP contribution < -0.4 is 0 Å². The monoisotopic (exact) mass is 228 g/mol. The van der Waals surface area contributed by atoms with Gasteiger partial charge in [-0.25, -0.2) is 17.2 Å². The summed E-state index contributed by atoms with van der Waals surface area (Å²) in [5, 5.41) is 0. The highest BCUT2D eigenvalue weighted by atomic mass is 35.7. The standard InChI is InChI=1S/C6H4F2.CH3ClO2S/c7-5-3-1-2-4-6(5)8;1-5(2,3)4/h1-4H;1H3. The van der Waals surface area contributed by atoms with Crippen LogP contribution in [0.3, 0.4) is 0 Å². The second-order valence-corrected chi connectivity index (χ2v) is 5.14. The van der Waals surface area contributed by atoms with Crippen molar-refractivity contribution < 1.29 is 17.2 Å². The number of hydrogen-bond donors (Lipinski definition) is 0. The number of rotatable bonds is 0. The minimum Gasteiger partial charge on any atom is -0.213 e. The lowest BCUT2D eigenvalue weighted by Crippen LogP contribution is -1.77. The molecule has 1 aromatic rings. The van der Waals surface area contributed by atoms with Crippen molar-refractivity contribution in [2.24, 2.45) is 0 Å². The Morgan fingerprint density at radius 2 is 1.38 bits per heavy atom. The van der Waals surface area contributed by atoms with Crippen molar-refractivity contribution in [2.75, 3.05) is 6.26 Å². The van der Waals surface area contributed by atoms with E-state index in [1.165, 1.54) is 12.1 Å². The Morgan fingerprint density at radius 3 is 1.54 bits per heavy atom. The first-order valence-corrected chi connectivity index (χ1v) is 5.82. The van der Waals surface area contributed by atoms with E-state index in [2.05, 4.69) is 10.7 Å². The highest BCUT2D eigenvalue weighted by Crippen LogP contribution is 2.01. The summed E-state index contributed by atoms with van der Waals surface area (Å²) in [4.78, 5) is 0. The summed E-state index contributed by atoms with van der Waals surface area (Å²) in [7, 11) is 1.31. The van der Waals surface area contributed by atoms with Gasteiger partial charge >= 0.3 is 0 Å². The first-order valence-electron chi connectivity index (χ1n) is 3.10. The van der Waals surface area contributed by atoms with Gasteiger partial charge in [0.15, 0.2) is 11.6 Å². The highest BCUT2D eigenvalue weighted by molar-refractivity contribution is 8.13. The zero-order chi connectivity index (χ0) is 10.5. The van der Waals surface area contributed by atoms with E-state index in [4.69, 9.17) is 0 Å². The second kappa shape index (κ2) is 5.14. The van der Waals surface area contributed by atoms with Gasteiger partial charge < -0.3 is 0 Å². The fraction of sp³-hybridized carbons (Fsp3) is 0.143. The molecule has 0 aromatic heterocycles. The van der Waals surface area contributed by atoms with Gasteiger partial charge in [0.05, 0.1) is 6.26 Å². The lowest BCUT2D eigenvalue weighted by molar-refractivity contribution is 0.508. The van der Waals surface area contributed by atoms with Crippen LogP contribution in [0, 0.1) is 11.6 Å². The van der Waals surface area contributed by atoms with Crippen LogP contribution in [0.15, 0.2) is 24.3 Å². The summed E-state index contributed by atoms with van der Waals surface area (Å²) in [6.45, 7) is 0. The molecule has 74 valence electrons. The van der Waals surface area contributed by atoms with Crippen LogP contribution in [0.25, 0.3) is 0 Å². The Bertz CT molecular complexity index is 336. The Hall–Kier alpha value is -0.680. The molecule has 0 spiro atoms. The average molecular weight is 229 g/mol. The molecule has 0 amide bonds. The molecular formula is C7H7ClF2O2S. The molecule has 0 N–H and O–H groups in total. The molecule has 0 aliphatic carbocycles. The average Bonchev–Trinajstić information content (AvgIpc) is 1.92. The second-order valence-electron chi connectivity index (χ2n) is 2.10. The van der Waals surface area contributed by atoms with Crippen molar-refractivity contribution >= 4 is 19.7 Å². The molecule has 0 atom stereocenters. The van der Waals surface area contributed by atoms with E-state index >= 15 is 0 Å². The Morgan fingerprint density at radius 1 is 1.15 bits per heavy atom. The van der Waals surface area contributed by atoms with Crippen molar-refractivity contribution in [2.45, 2.75) is 0 Å². The predicted molar refractivity (Wildman–Crippen MR) is 47.1 cm³/mol. The third-order valence-corrected chi connectivity index (χ3v) is 0.824. The minimum absolute atomic E-state index is 0.799. The van der Waals surface area contributed by atoms with Crippen molar-refractivity contribution in [3.05, 3.63) is 35.9 Å². The molecule has 0 aliphatic rings. The summed E-state index contributed by atoms with van der Waals surface area (Å²) in [6, 6.07) is 5.04. The third kappa shape index (κ3) is 9.23. The zero-order valence-corrected chi connectivity index (χ0v) is 8.24. The van der Waals surface area contributed by atoms with Gasteiger partial charge in [0.1, 0.15) is 0 Å². The van der Waals surface area contributed by atoms with E-state index in [1.807, 2.05) is 0 Å². The van der Waals surface area contributed by atoms with Crippen LogP contribution in [0.2, 0.25) is 0 Å². The molecule has 0 unspecified atom stereocenters. The molecule has 0 bridgehead atoms. The molecule has 0 saturated carbocycles. The number of halogens is 3. The lowest BCUT2D eigenvalue weighted by atomic mass is 10.3. The van der Waals surface area contributed by atoms with Gasteiger partial charge in [-0.1, -0.05) is 12.1 Å². The first-order chi connectivity index (χ1) is 5.80. The Labute approximate surface area is 79.6 Å². The summed E-state index contributed by atoms with van der Waals surface area (Å²) in [6.07, 6.45) is 0.925. The molecule has 1 rings (SSSR count). The number of hydrogen-bond acceptors (Lipinski definition) is 2. The van der Waals surface area contributed by atoms with E-state index in [0.717, 1.165) is 18.4 Å². The van der Waals surface area contributed by atoms with Crippen LogP contribution >= 0.6 is 10.7 Å². The smallest absolute Gasteiger partial charge is 0.213 e. The lowest BCUT2D eigenvalue weighted by Gasteiger charge is -1.85. The molecule has 0 fully saturated rings. The molecular weight excluding hydrogens is 222 g/mol. The largest absolute Gasteiger partial charge is 0.229 e. The molecule has 13 heavy (non-hydrogen) atoms. The molecule has 6 heteroatoms. The van der Waals surface area contributed by atoms with Crippen LogP contribution in [-0.2, 0) is 9.05 Å². The van der Waals surface area contributed by atoms with E-state index in [-0.39, 0.29) is 0 Å². The minimum atomic E-state index is -3.19. The van der Waals surface area contributed by atoms with Crippen molar-refractivity contribution in [3.63, 3.8) is 0 Å². The molecule has 2 nitrogen and oxygen atoms in total. The van der Waals surface area contributed by atoms with Gasteiger partial charge in [0.2, 0.25) is 9.05 Å². The van der Waals surface area contributed by atoms with Gasteiger partial charge in [-0.15, -0.1) is 0 Å². The van der Waals surface area contributed by atoms with Crippen LogP contribution in [0.1, 0.15) is 0 Å². The quantitative estimate of drug-likeness (QED) is 0.638. The summed E-state index contributed by atoms with van der Waals surface area (Å²) in [5.74, 6) is -1.60. The summed E-state index contributed by atoms with van der Waals surface area (Å²) in [5.41, 5.74) is 0. The zero-order valence-electron chi connectivity index (χ0n) is 6.67. The molecule has 0 heterocycles. The first kappa shape index (κ1) is 12.3. The van der Waals surface area contributed by atoms with E-state index in [9.17, 15) is 17.2 Å². The van der Waals surface area contributed by atoms with Crippen molar-refractivity contribution in [1.82, 2.24) is 0 Å². The summed E-state index contributed by atoms with van der Waals surface area (Å²) < 4.78 is 42.7. The fourth-order valence-electron chi connectivity index (χ4n) is 0.439. The fourth-order valence-corrected chi connectivity index (χ4v) is 0.439. The van der Waals surface area contributed by atoms with E-state index in [0.29, 0.717) is 0 Å². The normalized spacial score (nSPS) is 10.2. The van der Waals surface area contributed by atoms with Gasteiger partial charge in [0.25, 0.3) is 0 Å². The highest BCUT2D eigenvalue weighted by Gasteiger charge is 1.93. The predicted octanol–water partition coefficient (Wildman–Crippen LogP) is 2.15. The van der Waals surface area contributed by atoms with Crippen molar-refractivity contribution in [1.29, 1.82) is 0 Å². The summed E-state index contributed by atoms with van der Waals surface area (Å²) >= 11 is 0. The SMILES string of the molecule is CS(=O)(=O)Cl.Fc1ccccc1F. The van der Waals surface area contributed by atoms with Gasteiger partial charge in [-0.05, 0) is 12.1 Å². The maximum atomic E-state index is 11.9. The molecule has 0 saturated heterocycles. The topological polar surface area (TPSA) is 34.1 Å². The maximum absolute atomic E-state index is 11.9. The Balaban J connectivity index is 0.000000252. The maximum Gasteiger partial charge on any atom is 0.229 e. The van der Waals surface area contributed by atoms with Gasteiger partial charge in [0, 0.05) is 10.7 Å².